The summed E-state index contributed by atoms with van der Waals surface area (Å²) in [6.07, 6.45) is 2.97. The number of piperidine rings is 1. The van der Waals surface area contributed by atoms with Gasteiger partial charge in [-0.25, -0.2) is 0 Å². The van der Waals surface area contributed by atoms with Crippen molar-refractivity contribution in [2.24, 2.45) is 5.41 Å². The molecule has 0 saturated carbocycles. The molecule has 1 N–H and O–H groups in total. The van der Waals surface area contributed by atoms with Gasteiger partial charge in [0.1, 0.15) is 0 Å². The van der Waals surface area contributed by atoms with E-state index in [9.17, 15) is 0 Å². The minimum absolute atomic E-state index is 0.163. The van der Waals surface area contributed by atoms with Crippen LogP contribution in [0.2, 0.25) is 0 Å². The Balaban J connectivity index is 2.61. The van der Waals surface area contributed by atoms with Crippen LogP contribution in [0.25, 0.3) is 0 Å². The Morgan fingerprint density at radius 3 is 2.92 bits per heavy atom. The fraction of sp³-hybridized carbons (Fsp3) is 0.700. The van der Waals surface area contributed by atoms with Crippen LogP contribution in [-0.2, 0) is 0 Å². The zero-order valence-electron chi connectivity index (χ0n) is 7.69. The number of rotatable bonds is 2. The maximum absolute atomic E-state index is 9.06. The molecular weight excluding hydrogens is 148 g/mol. The third kappa shape index (κ3) is 2.09. The third-order valence-electron chi connectivity index (χ3n) is 2.35. The van der Waals surface area contributed by atoms with E-state index >= 15 is 0 Å². The van der Waals surface area contributed by atoms with Crippen molar-refractivity contribution in [1.29, 1.82) is 5.26 Å². The molecule has 0 radical (unpaired) electrons. The van der Waals surface area contributed by atoms with Crippen LogP contribution in [0.3, 0.4) is 0 Å². The van der Waals surface area contributed by atoms with Crippen molar-refractivity contribution in [3.8, 4) is 6.07 Å². The summed E-state index contributed by atoms with van der Waals surface area (Å²) in [5.74, 6) is 0. The van der Waals surface area contributed by atoms with Gasteiger partial charge in [-0.3, -0.25) is 0 Å². The summed E-state index contributed by atoms with van der Waals surface area (Å²) in [6, 6.07) is 2.43. The molecule has 1 aliphatic heterocycles. The Labute approximate surface area is 74.3 Å². The van der Waals surface area contributed by atoms with E-state index < -0.39 is 0 Å². The van der Waals surface area contributed by atoms with Gasteiger partial charge >= 0.3 is 0 Å². The predicted octanol–water partition coefficient (Wildman–Crippen LogP) is 1.85. The van der Waals surface area contributed by atoms with E-state index in [4.69, 9.17) is 5.26 Å². The number of nitrogens with one attached hydrogen (secondary N) is 1. The summed E-state index contributed by atoms with van der Waals surface area (Å²) in [6.45, 7) is 7.74. The first-order chi connectivity index (χ1) is 5.68. The monoisotopic (exact) mass is 164 g/mol. The number of hydrogen-bond acceptors (Lipinski definition) is 2. The van der Waals surface area contributed by atoms with Gasteiger partial charge in [0.2, 0.25) is 0 Å². The van der Waals surface area contributed by atoms with E-state index in [0.29, 0.717) is 0 Å². The van der Waals surface area contributed by atoms with Crippen LogP contribution in [0.15, 0.2) is 12.2 Å². The molecule has 0 aromatic heterocycles. The molecule has 12 heavy (non-hydrogen) atoms. The van der Waals surface area contributed by atoms with E-state index in [1.54, 1.807) is 0 Å². The van der Waals surface area contributed by atoms with Gasteiger partial charge in [-0.2, -0.15) is 5.26 Å². The van der Waals surface area contributed by atoms with Crippen LogP contribution in [0.4, 0.5) is 0 Å². The maximum Gasteiger partial charge on any atom is 0.0735 e. The van der Waals surface area contributed by atoms with Gasteiger partial charge in [0.25, 0.3) is 0 Å². The molecule has 1 fully saturated rings. The van der Waals surface area contributed by atoms with Crippen molar-refractivity contribution in [3.63, 3.8) is 0 Å². The summed E-state index contributed by atoms with van der Waals surface area (Å²) >= 11 is 0. The summed E-state index contributed by atoms with van der Waals surface area (Å²) < 4.78 is 0. The first kappa shape index (κ1) is 9.28. The van der Waals surface area contributed by atoms with E-state index in [2.05, 4.69) is 18.0 Å². The molecule has 0 bridgehead atoms. The molecule has 0 aromatic rings. The SMILES string of the molecule is C=C(C)CC1(C#N)CCCNC1. The van der Waals surface area contributed by atoms with Crippen LogP contribution < -0.4 is 5.32 Å². The van der Waals surface area contributed by atoms with Crippen molar-refractivity contribution >= 4 is 0 Å². The second-order valence-electron chi connectivity index (χ2n) is 3.81. The second-order valence-corrected chi connectivity index (χ2v) is 3.81. The normalized spacial score (nSPS) is 29.3. The van der Waals surface area contributed by atoms with Gasteiger partial charge in [0, 0.05) is 6.54 Å². The van der Waals surface area contributed by atoms with E-state index in [0.717, 1.165) is 37.9 Å². The molecule has 2 heteroatoms. The Morgan fingerprint density at radius 2 is 2.50 bits per heavy atom. The van der Waals surface area contributed by atoms with Gasteiger partial charge in [0.15, 0.2) is 0 Å². The van der Waals surface area contributed by atoms with Crippen LogP contribution in [0, 0.1) is 16.7 Å². The standard InChI is InChI=1S/C10H16N2/c1-9(2)6-10(7-11)4-3-5-12-8-10/h12H,1,3-6,8H2,2H3. The summed E-state index contributed by atoms with van der Waals surface area (Å²) in [5, 5.41) is 12.3. The molecule has 0 aromatic carbocycles. The zero-order valence-corrected chi connectivity index (χ0v) is 7.69. The Kier molecular flexibility index (Phi) is 2.88. The first-order valence-corrected chi connectivity index (χ1v) is 4.45. The fourth-order valence-electron chi connectivity index (χ4n) is 1.83. The molecule has 66 valence electrons. The molecule has 1 heterocycles. The van der Waals surface area contributed by atoms with Gasteiger partial charge in [0.05, 0.1) is 11.5 Å². The van der Waals surface area contributed by atoms with Crippen LogP contribution >= 0.6 is 0 Å². The first-order valence-electron chi connectivity index (χ1n) is 4.45. The highest BCUT2D eigenvalue weighted by atomic mass is 14.9. The van der Waals surface area contributed by atoms with Crippen molar-refractivity contribution < 1.29 is 0 Å². The highest BCUT2D eigenvalue weighted by molar-refractivity contribution is 5.09. The van der Waals surface area contributed by atoms with Crippen molar-refractivity contribution in [1.82, 2.24) is 5.32 Å². The van der Waals surface area contributed by atoms with Crippen LogP contribution in [0.5, 0.6) is 0 Å². The summed E-state index contributed by atoms with van der Waals surface area (Å²) in [7, 11) is 0. The molecule has 2 nitrogen and oxygen atoms in total. The summed E-state index contributed by atoms with van der Waals surface area (Å²) in [5.41, 5.74) is 0.949. The largest absolute Gasteiger partial charge is 0.315 e. The number of hydrogen-bond donors (Lipinski definition) is 1. The molecule has 0 amide bonds. The second kappa shape index (κ2) is 3.73. The van der Waals surface area contributed by atoms with Crippen molar-refractivity contribution in [2.75, 3.05) is 13.1 Å². The van der Waals surface area contributed by atoms with E-state index in [1.807, 2.05) is 6.92 Å². The molecule has 1 saturated heterocycles. The highest BCUT2D eigenvalue weighted by Gasteiger charge is 2.31. The maximum atomic E-state index is 9.06. The Bertz CT molecular complexity index is 206. The molecule has 1 atom stereocenters. The van der Waals surface area contributed by atoms with Gasteiger partial charge < -0.3 is 5.32 Å². The van der Waals surface area contributed by atoms with Crippen molar-refractivity contribution in [2.45, 2.75) is 26.2 Å². The van der Waals surface area contributed by atoms with Gasteiger partial charge in [-0.1, -0.05) is 5.57 Å². The average Bonchev–Trinajstić information content (AvgIpc) is 2.05. The molecular formula is C10H16N2. The smallest absolute Gasteiger partial charge is 0.0735 e. The van der Waals surface area contributed by atoms with Crippen LogP contribution in [0.1, 0.15) is 26.2 Å². The average molecular weight is 164 g/mol. The van der Waals surface area contributed by atoms with Gasteiger partial charge in [-0.05, 0) is 32.7 Å². The minimum Gasteiger partial charge on any atom is -0.315 e. The third-order valence-corrected chi connectivity index (χ3v) is 2.35. The summed E-state index contributed by atoms with van der Waals surface area (Å²) in [4.78, 5) is 0. The predicted molar refractivity (Wildman–Crippen MR) is 49.6 cm³/mol. The van der Waals surface area contributed by atoms with Crippen molar-refractivity contribution in [3.05, 3.63) is 12.2 Å². The quantitative estimate of drug-likeness (QED) is 0.632. The lowest BCUT2D eigenvalue weighted by Gasteiger charge is -2.31. The van der Waals surface area contributed by atoms with Crippen LogP contribution in [-0.4, -0.2) is 13.1 Å². The number of nitriles is 1. The Hall–Kier alpha value is -0.810. The van der Waals surface area contributed by atoms with E-state index in [1.165, 1.54) is 0 Å². The fourth-order valence-corrected chi connectivity index (χ4v) is 1.83. The highest BCUT2D eigenvalue weighted by Crippen LogP contribution is 2.31. The zero-order chi connectivity index (χ0) is 9.03. The van der Waals surface area contributed by atoms with E-state index in [-0.39, 0.29) is 5.41 Å². The number of nitrogens with zero attached hydrogens (tertiary/aromatic N) is 1. The van der Waals surface area contributed by atoms with Gasteiger partial charge in [-0.15, -0.1) is 6.58 Å². The lowest BCUT2D eigenvalue weighted by Crippen LogP contribution is -2.39. The molecule has 0 aliphatic carbocycles. The molecule has 1 rings (SSSR count). The minimum atomic E-state index is -0.163. The lowest BCUT2D eigenvalue weighted by atomic mass is 9.77. The molecule has 1 aliphatic rings. The Morgan fingerprint density at radius 1 is 1.75 bits per heavy atom. The number of allylic oxidation sites excluding steroid dienone is 1. The molecule has 1 unspecified atom stereocenters. The molecule has 0 spiro atoms. The lowest BCUT2D eigenvalue weighted by molar-refractivity contribution is 0.286. The topological polar surface area (TPSA) is 35.8 Å².